The van der Waals surface area contributed by atoms with Crippen molar-refractivity contribution in [3.63, 3.8) is 0 Å². The maximum atomic E-state index is 4.93. The van der Waals surface area contributed by atoms with Crippen molar-refractivity contribution in [1.82, 2.24) is 9.80 Å². The molecule has 136 valence electrons. The Bertz CT molecular complexity index is 402. The zero-order chi connectivity index (χ0) is 17.9. The quantitative estimate of drug-likeness (QED) is 0.655. The van der Waals surface area contributed by atoms with Gasteiger partial charge in [-0.25, -0.2) is 4.99 Å². The molecule has 0 N–H and O–H groups in total. The largest absolute Gasteiger partial charge is 0.344 e. The summed E-state index contributed by atoms with van der Waals surface area (Å²) in [4.78, 5) is 9.71. The lowest BCUT2D eigenvalue weighted by Gasteiger charge is -2.35. The first-order chi connectivity index (χ1) is 10.4. The normalized spacial score (nSPS) is 19.1. The lowest BCUT2D eigenvalue weighted by Crippen LogP contribution is -2.35. The van der Waals surface area contributed by atoms with Crippen LogP contribution in [0.4, 0.5) is 0 Å². The van der Waals surface area contributed by atoms with Crippen LogP contribution in [-0.4, -0.2) is 48.0 Å². The van der Waals surface area contributed by atoms with Crippen molar-refractivity contribution in [3.8, 4) is 0 Å². The Labute approximate surface area is 145 Å². The third-order valence-electron chi connectivity index (χ3n) is 4.96. The zero-order valence-corrected chi connectivity index (χ0v) is 17.3. The van der Waals surface area contributed by atoms with Crippen LogP contribution in [-0.2, 0) is 0 Å². The Kier molecular flexibility index (Phi) is 6.57. The number of aliphatic imine (C=N–C) groups is 1. The molecule has 3 heteroatoms. The van der Waals surface area contributed by atoms with Crippen LogP contribution in [0.1, 0.15) is 81.1 Å². The van der Waals surface area contributed by atoms with Crippen molar-refractivity contribution in [2.75, 3.05) is 26.7 Å². The number of likely N-dealkylation sites (N-methyl/N-ethyl adjacent to an activating group) is 1. The van der Waals surface area contributed by atoms with E-state index in [0.717, 1.165) is 19.6 Å². The van der Waals surface area contributed by atoms with Crippen molar-refractivity contribution < 1.29 is 0 Å². The van der Waals surface area contributed by atoms with Crippen LogP contribution in [0.2, 0.25) is 0 Å². The Morgan fingerprint density at radius 2 is 1.57 bits per heavy atom. The molecule has 0 amide bonds. The Morgan fingerprint density at radius 3 is 2.09 bits per heavy atom. The van der Waals surface area contributed by atoms with Crippen molar-refractivity contribution in [1.29, 1.82) is 0 Å². The van der Waals surface area contributed by atoms with Crippen molar-refractivity contribution in [2.24, 2.45) is 15.8 Å². The molecule has 1 saturated heterocycles. The molecule has 0 spiro atoms. The highest BCUT2D eigenvalue weighted by Gasteiger charge is 2.29. The summed E-state index contributed by atoms with van der Waals surface area (Å²) in [6.07, 6.45) is 5.11. The summed E-state index contributed by atoms with van der Waals surface area (Å²) in [5.41, 5.74) is 0.874. The fourth-order valence-corrected chi connectivity index (χ4v) is 3.64. The lowest BCUT2D eigenvalue weighted by atomic mass is 9.72. The van der Waals surface area contributed by atoms with Gasteiger partial charge in [0, 0.05) is 26.7 Å². The molecule has 0 aromatic heterocycles. The standard InChI is InChI=1S/C20H41N3/c1-10-19(5,6)16-20(7,8)12-11-13-23-15-14-22(9)17(23)21-18(2,3)4/h10-16H2,1-9H3. The molecule has 0 aromatic rings. The van der Waals surface area contributed by atoms with Crippen molar-refractivity contribution in [3.05, 3.63) is 0 Å². The first-order valence-electron chi connectivity index (χ1n) is 9.41. The van der Waals surface area contributed by atoms with Gasteiger partial charge < -0.3 is 9.80 Å². The van der Waals surface area contributed by atoms with Gasteiger partial charge in [-0.2, -0.15) is 0 Å². The highest BCUT2D eigenvalue weighted by molar-refractivity contribution is 5.82. The van der Waals surface area contributed by atoms with Crippen LogP contribution >= 0.6 is 0 Å². The van der Waals surface area contributed by atoms with Gasteiger partial charge in [-0.05, 0) is 50.9 Å². The van der Waals surface area contributed by atoms with Crippen LogP contribution in [0.3, 0.4) is 0 Å². The highest BCUT2D eigenvalue weighted by Crippen LogP contribution is 2.38. The van der Waals surface area contributed by atoms with E-state index in [1.54, 1.807) is 0 Å². The van der Waals surface area contributed by atoms with Gasteiger partial charge in [0.25, 0.3) is 0 Å². The molecule has 3 nitrogen and oxygen atoms in total. The van der Waals surface area contributed by atoms with Gasteiger partial charge in [0.1, 0.15) is 0 Å². The molecule has 0 unspecified atom stereocenters. The first kappa shape index (κ1) is 20.3. The van der Waals surface area contributed by atoms with E-state index >= 15 is 0 Å². The van der Waals surface area contributed by atoms with Gasteiger partial charge in [-0.3, -0.25) is 0 Å². The van der Waals surface area contributed by atoms with Gasteiger partial charge in [0.05, 0.1) is 5.54 Å². The second-order valence-electron chi connectivity index (χ2n) is 9.95. The lowest BCUT2D eigenvalue weighted by molar-refractivity contribution is 0.171. The number of guanidine groups is 1. The summed E-state index contributed by atoms with van der Waals surface area (Å²) < 4.78 is 0. The first-order valence-corrected chi connectivity index (χ1v) is 9.41. The van der Waals surface area contributed by atoms with Gasteiger partial charge in [0.2, 0.25) is 0 Å². The van der Waals surface area contributed by atoms with E-state index in [0.29, 0.717) is 10.8 Å². The highest BCUT2D eigenvalue weighted by atomic mass is 15.4. The molecule has 1 aliphatic heterocycles. The van der Waals surface area contributed by atoms with Crippen LogP contribution in [0, 0.1) is 10.8 Å². The number of rotatable bonds is 7. The molecule has 1 rings (SSSR count). The van der Waals surface area contributed by atoms with Crippen molar-refractivity contribution >= 4 is 5.96 Å². The van der Waals surface area contributed by atoms with Gasteiger partial charge in [0.15, 0.2) is 5.96 Å². The van der Waals surface area contributed by atoms with E-state index in [1.165, 1.54) is 31.6 Å². The van der Waals surface area contributed by atoms with Crippen LogP contribution < -0.4 is 0 Å². The Balaban J connectivity index is 2.56. The smallest absolute Gasteiger partial charge is 0.196 e. The summed E-state index contributed by atoms with van der Waals surface area (Å²) in [5.74, 6) is 1.18. The SMILES string of the molecule is CCC(C)(C)CC(C)(C)CCCN1CCN(C)C1=NC(C)(C)C. The number of hydrogen-bond acceptors (Lipinski definition) is 1. The molecular formula is C20H41N3. The average Bonchev–Trinajstić information content (AvgIpc) is 2.68. The molecule has 0 aliphatic carbocycles. The molecule has 0 aromatic carbocycles. The Hall–Kier alpha value is -0.730. The maximum Gasteiger partial charge on any atom is 0.196 e. The maximum absolute atomic E-state index is 4.93. The van der Waals surface area contributed by atoms with E-state index < -0.39 is 0 Å². The third-order valence-corrected chi connectivity index (χ3v) is 4.96. The van der Waals surface area contributed by atoms with E-state index in [-0.39, 0.29) is 5.54 Å². The molecular weight excluding hydrogens is 282 g/mol. The van der Waals surface area contributed by atoms with Crippen molar-refractivity contribution in [2.45, 2.75) is 86.6 Å². The van der Waals surface area contributed by atoms with Crippen LogP contribution in [0.25, 0.3) is 0 Å². The number of hydrogen-bond donors (Lipinski definition) is 0. The summed E-state index contributed by atoms with van der Waals surface area (Å²) in [6, 6.07) is 0. The van der Waals surface area contributed by atoms with Crippen LogP contribution in [0.5, 0.6) is 0 Å². The topological polar surface area (TPSA) is 18.8 Å². The van der Waals surface area contributed by atoms with Gasteiger partial charge in [-0.15, -0.1) is 0 Å². The second kappa shape index (κ2) is 7.44. The third kappa shape index (κ3) is 7.14. The minimum atomic E-state index is -0.00337. The zero-order valence-electron chi connectivity index (χ0n) is 17.3. The van der Waals surface area contributed by atoms with E-state index in [1.807, 2.05) is 0 Å². The van der Waals surface area contributed by atoms with E-state index in [2.05, 4.69) is 72.2 Å². The molecule has 1 fully saturated rings. The molecule has 0 saturated carbocycles. The summed E-state index contributed by atoms with van der Waals surface area (Å²) >= 11 is 0. The van der Waals surface area contributed by atoms with Gasteiger partial charge in [-0.1, -0.05) is 41.0 Å². The van der Waals surface area contributed by atoms with Gasteiger partial charge >= 0.3 is 0 Å². The predicted molar refractivity (Wildman–Crippen MR) is 103 cm³/mol. The fraction of sp³-hybridized carbons (Fsp3) is 0.950. The predicted octanol–water partition coefficient (Wildman–Crippen LogP) is 5.02. The Morgan fingerprint density at radius 1 is 0.957 bits per heavy atom. The molecule has 0 radical (unpaired) electrons. The summed E-state index contributed by atoms with van der Waals surface area (Å²) in [7, 11) is 2.16. The minimum absolute atomic E-state index is 0.00337. The fourth-order valence-electron chi connectivity index (χ4n) is 3.64. The number of nitrogens with zero attached hydrogens (tertiary/aromatic N) is 3. The van der Waals surface area contributed by atoms with E-state index in [4.69, 9.17) is 4.99 Å². The van der Waals surface area contributed by atoms with Crippen LogP contribution in [0.15, 0.2) is 4.99 Å². The molecule has 0 atom stereocenters. The average molecular weight is 324 g/mol. The molecule has 0 bridgehead atoms. The summed E-state index contributed by atoms with van der Waals surface area (Å²) in [6.45, 7) is 21.9. The minimum Gasteiger partial charge on any atom is -0.344 e. The van der Waals surface area contributed by atoms with E-state index in [9.17, 15) is 0 Å². The second-order valence-corrected chi connectivity index (χ2v) is 9.95. The molecule has 1 heterocycles. The summed E-state index contributed by atoms with van der Waals surface area (Å²) in [5, 5.41) is 0. The molecule has 1 aliphatic rings. The monoisotopic (exact) mass is 323 g/mol. The molecule has 23 heavy (non-hydrogen) atoms.